The van der Waals surface area contributed by atoms with E-state index in [4.69, 9.17) is 9.47 Å². The Kier molecular flexibility index (Phi) is 6.34. The van der Waals surface area contributed by atoms with Crippen LogP contribution >= 0.6 is 0 Å². The molecule has 6 nitrogen and oxygen atoms in total. The minimum absolute atomic E-state index is 0.186. The minimum Gasteiger partial charge on any atom is -0.493 e. The van der Waals surface area contributed by atoms with Gasteiger partial charge in [-0.3, -0.25) is 4.79 Å². The Labute approximate surface area is 170 Å². The molecule has 0 spiro atoms. The van der Waals surface area contributed by atoms with Crippen LogP contribution < -0.4 is 20.1 Å². The molecule has 3 rings (SSSR count). The number of anilines is 2. The molecule has 0 bridgehead atoms. The van der Waals surface area contributed by atoms with Crippen LogP contribution in [-0.2, 0) is 6.54 Å². The van der Waals surface area contributed by atoms with E-state index in [9.17, 15) is 4.79 Å². The van der Waals surface area contributed by atoms with Crippen LogP contribution in [0.1, 0.15) is 27.0 Å². The van der Waals surface area contributed by atoms with Gasteiger partial charge in [0.25, 0.3) is 5.91 Å². The van der Waals surface area contributed by atoms with Crippen LogP contribution in [0, 0.1) is 13.8 Å². The van der Waals surface area contributed by atoms with E-state index in [1.807, 2.05) is 44.2 Å². The highest BCUT2D eigenvalue weighted by Gasteiger charge is 2.08. The van der Waals surface area contributed by atoms with Gasteiger partial charge in [0.05, 0.1) is 19.8 Å². The molecule has 0 radical (unpaired) electrons. The predicted octanol–water partition coefficient (Wildman–Crippen LogP) is 4.58. The highest BCUT2D eigenvalue weighted by molar-refractivity contribution is 6.04. The van der Waals surface area contributed by atoms with Gasteiger partial charge in [-0.25, -0.2) is 4.98 Å². The van der Waals surface area contributed by atoms with Crippen molar-refractivity contribution < 1.29 is 14.3 Å². The van der Waals surface area contributed by atoms with Gasteiger partial charge in [0.2, 0.25) is 0 Å². The lowest BCUT2D eigenvalue weighted by molar-refractivity contribution is 0.102. The summed E-state index contributed by atoms with van der Waals surface area (Å²) in [6, 6.07) is 15.2. The van der Waals surface area contributed by atoms with Gasteiger partial charge < -0.3 is 20.1 Å². The van der Waals surface area contributed by atoms with Gasteiger partial charge in [0.1, 0.15) is 5.82 Å². The summed E-state index contributed by atoms with van der Waals surface area (Å²) in [5, 5.41) is 6.16. The molecule has 3 aromatic rings. The van der Waals surface area contributed by atoms with E-state index < -0.39 is 0 Å². The van der Waals surface area contributed by atoms with E-state index in [-0.39, 0.29) is 5.91 Å². The number of hydrogen-bond donors (Lipinski definition) is 2. The molecule has 0 fully saturated rings. The molecule has 0 aliphatic carbocycles. The molecule has 29 heavy (non-hydrogen) atoms. The molecular formula is C23H25N3O3. The summed E-state index contributed by atoms with van der Waals surface area (Å²) >= 11 is 0. The Morgan fingerprint density at radius 2 is 1.66 bits per heavy atom. The molecular weight excluding hydrogens is 366 g/mol. The average Bonchev–Trinajstić information content (AvgIpc) is 2.71. The van der Waals surface area contributed by atoms with Gasteiger partial charge in [-0.2, -0.15) is 0 Å². The number of methoxy groups -OCH3 is 2. The Bertz CT molecular complexity index is 980. The SMILES string of the molecule is COc1ccc(CNc2ccc(C(=O)Nc3cc(C)cc(C)c3)cn2)cc1OC. The number of pyridine rings is 1. The van der Waals surface area contributed by atoms with Crippen LogP contribution in [0.2, 0.25) is 0 Å². The Morgan fingerprint density at radius 1 is 0.931 bits per heavy atom. The summed E-state index contributed by atoms with van der Waals surface area (Å²) in [6.45, 7) is 4.58. The number of hydrogen-bond acceptors (Lipinski definition) is 5. The maximum atomic E-state index is 12.5. The number of aryl methyl sites for hydroxylation is 2. The third kappa shape index (κ3) is 5.25. The Balaban J connectivity index is 1.62. The van der Waals surface area contributed by atoms with Gasteiger partial charge in [-0.05, 0) is 66.9 Å². The summed E-state index contributed by atoms with van der Waals surface area (Å²) in [5.41, 5.74) is 4.52. The fourth-order valence-corrected chi connectivity index (χ4v) is 3.07. The molecule has 0 aliphatic heterocycles. The van der Waals surface area contributed by atoms with Crippen LogP contribution in [0.25, 0.3) is 0 Å². The van der Waals surface area contributed by atoms with Gasteiger partial charge in [0.15, 0.2) is 11.5 Å². The molecule has 0 aliphatic rings. The normalized spacial score (nSPS) is 10.3. The lowest BCUT2D eigenvalue weighted by Gasteiger charge is -2.11. The summed E-state index contributed by atoms with van der Waals surface area (Å²) in [5.74, 6) is 1.86. The van der Waals surface area contributed by atoms with Crippen molar-refractivity contribution in [2.24, 2.45) is 0 Å². The van der Waals surface area contributed by atoms with Crippen LogP contribution in [0.5, 0.6) is 11.5 Å². The molecule has 1 aromatic heterocycles. The molecule has 0 saturated heterocycles. The van der Waals surface area contributed by atoms with Crippen molar-refractivity contribution in [3.05, 3.63) is 77.0 Å². The molecule has 2 aromatic carbocycles. The van der Waals surface area contributed by atoms with Gasteiger partial charge >= 0.3 is 0 Å². The molecule has 1 heterocycles. The van der Waals surface area contributed by atoms with Gasteiger partial charge in [0, 0.05) is 18.4 Å². The van der Waals surface area contributed by atoms with Crippen molar-refractivity contribution in [3.63, 3.8) is 0 Å². The zero-order chi connectivity index (χ0) is 20.8. The highest BCUT2D eigenvalue weighted by atomic mass is 16.5. The van der Waals surface area contributed by atoms with E-state index in [1.165, 1.54) is 0 Å². The number of nitrogens with zero attached hydrogens (tertiary/aromatic N) is 1. The van der Waals surface area contributed by atoms with E-state index in [0.29, 0.717) is 29.4 Å². The van der Waals surface area contributed by atoms with Gasteiger partial charge in [-0.1, -0.05) is 12.1 Å². The third-order valence-electron chi connectivity index (χ3n) is 4.43. The number of ether oxygens (including phenoxy) is 2. The number of rotatable bonds is 7. The predicted molar refractivity (Wildman–Crippen MR) is 115 cm³/mol. The highest BCUT2D eigenvalue weighted by Crippen LogP contribution is 2.27. The largest absolute Gasteiger partial charge is 0.493 e. The van der Waals surface area contributed by atoms with Crippen LogP contribution in [-0.4, -0.2) is 25.1 Å². The Hall–Kier alpha value is -3.54. The zero-order valence-corrected chi connectivity index (χ0v) is 17.1. The first-order valence-electron chi connectivity index (χ1n) is 9.29. The second-order valence-electron chi connectivity index (χ2n) is 6.81. The molecule has 6 heteroatoms. The maximum absolute atomic E-state index is 12.5. The van der Waals surface area contributed by atoms with E-state index in [0.717, 1.165) is 22.4 Å². The molecule has 0 unspecified atom stereocenters. The number of carbonyl (C=O) groups excluding carboxylic acids is 1. The van der Waals surface area contributed by atoms with Crippen molar-refractivity contribution in [2.45, 2.75) is 20.4 Å². The summed E-state index contributed by atoms with van der Waals surface area (Å²) in [7, 11) is 3.22. The lowest BCUT2D eigenvalue weighted by atomic mass is 10.1. The second-order valence-corrected chi connectivity index (χ2v) is 6.81. The van der Waals surface area contributed by atoms with Crippen molar-refractivity contribution >= 4 is 17.4 Å². The van der Waals surface area contributed by atoms with E-state index >= 15 is 0 Å². The number of nitrogens with one attached hydrogen (secondary N) is 2. The first-order chi connectivity index (χ1) is 14.0. The topological polar surface area (TPSA) is 72.5 Å². The third-order valence-corrected chi connectivity index (χ3v) is 4.43. The van der Waals surface area contributed by atoms with E-state index in [1.54, 1.807) is 32.5 Å². The maximum Gasteiger partial charge on any atom is 0.257 e. The quantitative estimate of drug-likeness (QED) is 0.617. The van der Waals surface area contributed by atoms with Crippen molar-refractivity contribution in [1.29, 1.82) is 0 Å². The first-order valence-corrected chi connectivity index (χ1v) is 9.29. The zero-order valence-electron chi connectivity index (χ0n) is 17.1. The number of carbonyl (C=O) groups is 1. The van der Waals surface area contributed by atoms with E-state index in [2.05, 4.69) is 21.7 Å². The lowest BCUT2D eigenvalue weighted by Crippen LogP contribution is -2.13. The van der Waals surface area contributed by atoms with Crippen molar-refractivity contribution in [1.82, 2.24) is 4.98 Å². The molecule has 1 amide bonds. The molecule has 0 saturated carbocycles. The van der Waals surface area contributed by atoms with Crippen LogP contribution in [0.4, 0.5) is 11.5 Å². The number of benzene rings is 2. The first kappa shape index (κ1) is 20.2. The standard InChI is InChI=1S/C23H25N3O3/c1-15-9-16(2)11-19(10-15)26-23(27)18-6-8-22(25-14-18)24-13-17-5-7-20(28-3)21(12-17)29-4/h5-12,14H,13H2,1-4H3,(H,24,25)(H,26,27). The monoisotopic (exact) mass is 391 g/mol. The van der Waals surface area contributed by atoms with Crippen molar-refractivity contribution in [3.8, 4) is 11.5 Å². The van der Waals surface area contributed by atoms with Crippen LogP contribution in [0.3, 0.4) is 0 Å². The number of amides is 1. The smallest absolute Gasteiger partial charge is 0.257 e. The molecule has 2 N–H and O–H groups in total. The number of aromatic nitrogens is 1. The van der Waals surface area contributed by atoms with Crippen LogP contribution in [0.15, 0.2) is 54.7 Å². The molecule has 0 atom stereocenters. The summed E-state index contributed by atoms with van der Waals surface area (Å²) in [4.78, 5) is 16.8. The average molecular weight is 391 g/mol. The minimum atomic E-state index is -0.186. The van der Waals surface area contributed by atoms with Crippen molar-refractivity contribution in [2.75, 3.05) is 24.9 Å². The molecule has 150 valence electrons. The fourth-order valence-electron chi connectivity index (χ4n) is 3.07. The summed E-state index contributed by atoms with van der Waals surface area (Å²) in [6.07, 6.45) is 1.56. The Morgan fingerprint density at radius 3 is 2.28 bits per heavy atom. The fraction of sp³-hybridized carbons (Fsp3) is 0.217. The second kappa shape index (κ2) is 9.10. The summed E-state index contributed by atoms with van der Waals surface area (Å²) < 4.78 is 10.6. The van der Waals surface area contributed by atoms with Gasteiger partial charge in [-0.15, -0.1) is 0 Å².